The molecule has 0 atom stereocenters. The van der Waals surface area contributed by atoms with Gasteiger partial charge < -0.3 is 10.6 Å². The maximum absolute atomic E-state index is 7.69. The number of nitrogens with zero attached hydrogens (tertiary/aromatic N) is 2. The largest absolute Gasteiger partial charge is 0.384 e. The lowest BCUT2D eigenvalue weighted by Crippen LogP contribution is -2.25. The van der Waals surface area contributed by atoms with Crippen LogP contribution in [0.25, 0.3) is 0 Å². The van der Waals surface area contributed by atoms with Gasteiger partial charge in [-0.05, 0) is 38.7 Å². The molecule has 3 N–H and O–H groups in total. The van der Waals surface area contributed by atoms with Gasteiger partial charge in [0, 0.05) is 19.3 Å². The second kappa shape index (κ2) is 4.35. The minimum Gasteiger partial charge on any atom is -0.384 e. The molecule has 1 heterocycles. The first-order valence-corrected chi connectivity index (χ1v) is 6.03. The third kappa shape index (κ3) is 2.57. The van der Waals surface area contributed by atoms with E-state index in [2.05, 4.69) is 16.9 Å². The van der Waals surface area contributed by atoms with E-state index in [1.54, 1.807) is 0 Å². The molecular weight excluding hydrogens is 212 g/mol. The van der Waals surface area contributed by atoms with Gasteiger partial charge in [-0.15, -0.1) is 0 Å². The van der Waals surface area contributed by atoms with Crippen LogP contribution in [-0.2, 0) is 0 Å². The average Bonchev–Trinajstić information content (AvgIpc) is 2.99. The van der Waals surface area contributed by atoms with Gasteiger partial charge in [0.15, 0.2) is 0 Å². The Balaban J connectivity index is 2.38. The minimum absolute atomic E-state index is 0.104. The molecule has 4 nitrogen and oxygen atoms in total. The molecule has 4 heteroatoms. The highest BCUT2D eigenvalue weighted by atomic mass is 15.1. The topological polar surface area (TPSA) is 66.0 Å². The van der Waals surface area contributed by atoms with Crippen LogP contribution < -0.4 is 10.6 Å². The molecule has 0 bridgehead atoms. The number of pyridine rings is 1. The summed E-state index contributed by atoms with van der Waals surface area (Å²) in [6.45, 7) is 4.94. The van der Waals surface area contributed by atoms with E-state index in [0.29, 0.717) is 0 Å². The lowest BCUT2D eigenvalue weighted by molar-refractivity contribution is 0.784. The molecule has 92 valence electrons. The van der Waals surface area contributed by atoms with E-state index in [1.807, 2.05) is 19.9 Å². The molecular formula is C13H20N4. The van der Waals surface area contributed by atoms with E-state index >= 15 is 0 Å². The van der Waals surface area contributed by atoms with Crippen molar-refractivity contribution in [2.45, 2.75) is 26.7 Å². The van der Waals surface area contributed by atoms with Gasteiger partial charge in [0.1, 0.15) is 5.84 Å². The summed E-state index contributed by atoms with van der Waals surface area (Å²) < 4.78 is 0. The second-order valence-electron chi connectivity index (χ2n) is 4.98. The first kappa shape index (κ1) is 11.9. The van der Waals surface area contributed by atoms with E-state index in [9.17, 15) is 0 Å². The van der Waals surface area contributed by atoms with Crippen LogP contribution in [0.5, 0.6) is 0 Å². The molecule has 1 fully saturated rings. The van der Waals surface area contributed by atoms with Crippen LogP contribution in [0.1, 0.15) is 29.8 Å². The van der Waals surface area contributed by atoms with Crippen molar-refractivity contribution in [2.75, 3.05) is 18.5 Å². The van der Waals surface area contributed by atoms with Crippen molar-refractivity contribution < 1.29 is 0 Å². The number of anilines is 1. The Hall–Kier alpha value is -1.58. The number of aryl methyl sites for hydroxylation is 2. The predicted octanol–water partition coefficient (Wildman–Crippen LogP) is 1.83. The van der Waals surface area contributed by atoms with Gasteiger partial charge in [-0.25, -0.2) is 0 Å². The highest BCUT2D eigenvalue weighted by Gasteiger charge is 2.24. The highest BCUT2D eigenvalue weighted by Crippen LogP contribution is 2.32. The number of hydrogen-bond acceptors (Lipinski definition) is 3. The molecule has 1 saturated carbocycles. The summed E-state index contributed by atoms with van der Waals surface area (Å²) in [6.07, 6.45) is 2.64. The number of nitrogens with one attached hydrogen (secondary N) is 1. The van der Waals surface area contributed by atoms with E-state index in [4.69, 9.17) is 11.1 Å². The Kier molecular flexibility index (Phi) is 3.05. The fourth-order valence-electron chi connectivity index (χ4n) is 2.23. The number of nitrogen functional groups attached to an aromatic ring is 1. The lowest BCUT2D eigenvalue weighted by Gasteiger charge is -2.23. The van der Waals surface area contributed by atoms with Crippen LogP contribution in [0.15, 0.2) is 6.07 Å². The Morgan fingerprint density at radius 1 is 1.53 bits per heavy atom. The molecule has 1 aliphatic carbocycles. The smallest absolute Gasteiger partial charge is 0.126 e. The summed E-state index contributed by atoms with van der Waals surface area (Å²) in [5.41, 5.74) is 9.30. The zero-order valence-electron chi connectivity index (χ0n) is 10.7. The number of amidine groups is 1. The van der Waals surface area contributed by atoms with Crippen molar-refractivity contribution in [2.24, 2.45) is 11.7 Å². The molecule has 1 aromatic heterocycles. The lowest BCUT2D eigenvalue weighted by atomic mass is 10.1. The zero-order valence-corrected chi connectivity index (χ0v) is 10.7. The summed E-state index contributed by atoms with van der Waals surface area (Å²) in [5.74, 6) is 0.918. The van der Waals surface area contributed by atoms with E-state index in [-0.39, 0.29) is 5.84 Å². The number of hydrogen-bond donors (Lipinski definition) is 2. The van der Waals surface area contributed by atoms with Crippen LogP contribution in [0.3, 0.4) is 0 Å². The van der Waals surface area contributed by atoms with Crippen LogP contribution in [0.2, 0.25) is 0 Å². The molecule has 1 aliphatic rings. The van der Waals surface area contributed by atoms with E-state index in [0.717, 1.165) is 35.1 Å². The second-order valence-corrected chi connectivity index (χ2v) is 4.98. The van der Waals surface area contributed by atoms with Gasteiger partial charge in [0.25, 0.3) is 0 Å². The van der Waals surface area contributed by atoms with Crippen molar-refractivity contribution in [3.8, 4) is 0 Å². The van der Waals surface area contributed by atoms with Gasteiger partial charge in [-0.3, -0.25) is 10.4 Å². The summed E-state index contributed by atoms with van der Waals surface area (Å²) in [7, 11) is 2.07. The molecule has 0 aromatic carbocycles. The van der Waals surface area contributed by atoms with Gasteiger partial charge in [0.2, 0.25) is 0 Å². The van der Waals surface area contributed by atoms with E-state index < -0.39 is 0 Å². The first-order valence-electron chi connectivity index (χ1n) is 6.03. The molecule has 2 rings (SSSR count). The average molecular weight is 232 g/mol. The quantitative estimate of drug-likeness (QED) is 0.615. The van der Waals surface area contributed by atoms with Gasteiger partial charge in [-0.2, -0.15) is 0 Å². The molecule has 0 amide bonds. The molecule has 0 aliphatic heterocycles. The molecule has 0 radical (unpaired) electrons. The van der Waals surface area contributed by atoms with Gasteiger partial charge in [0.05, 0.1) is 16.9 Å². The normalized spacial score (nSPS) is 14.8. The van der Waals surface area contributed by atoms with Gasteiger partial charge >= 0.3 is 0 Å². The molecule has 0 spiro atoms. The Labute approximate surface area is 102 Å². The standard InChI is InChI=1S/C13H20N4/c1-8-6-11(17(3)7-10-4-5-10)12(13(14)15)9(2)16-8/h6,10H,4-5,7H2,1-3H3,(H3,14,15). The molecule has 1 aromatic rings. The van der Waals surface area contributed by atoms with Crippen LogP contribution >= 0.6 is 0 Å². The van der Waals surface area contributed by atoms with Crippen molar-refractivity contribution in [3.63, 3.8) is 0 Å². The maximum atomic E-state index is 7.69. The molecule has 17 heavy (non-hydrogen) atoms. The maximum Gasteiger partial charge on any atom is 0.126 e. The first-order chi connectivity index (χ1) is 7.99. The van der Waals surface area contributed by atoms with E-state index in [1.165, 1.54) is 12.8 Å². The number of aromatic nitrogens is 1. The Morgan fingerprint density at radius 2 is 2.18 bits per heavy atom. The van der Waals surface area contributed by atoms with Crippen molar-refractivity contribution in [1.29, 1.82) is 5.41 Å². The fraction of sp³-hybridized carbons (Fsp3) is 0.538. The Bertz CT molecular complexity index is 449. The van der Waals surface area contributed by atoms with Crippen LogP contribution in [-0.4, -0.2) is 24.4 Å². The third-order valence-corrected chi connectivity index (χ3v) is 3.22. The predicted molar refractivity (Wildman–Crippen MR) is 70.7 cm³/mol. The monoisotopic (exact) mass is 232 g/mol. The summed E-state index contributed by atoms with van der Waals surface area (Å²) >= 11 is 0. The SMILES string of the molecule is Cc1cc(N(C)CC2CC2)c(C(=N)N)c(C)n1. The van der Waals surface area contributed by atoms with Gasteiger partial charge in [-0.1, -0.05) is 0 Å². The van der Waals surface area contributed by atoms with Crippen LogP contribution in [0.4, 0.5) is 5.69 Å². The zero-order chi connectivity index (χ0) is 12.6. The Morgan fingerprint density at radius 3 is 2.71 bits per heavy atom. The number of rotatable bonds is 4. The highest BCUT2D eigenvalue weighted by molar-refractivity contribution is 6.01. The molecule has 0 unspecified atom stereocenters. The minimum atomic E-state index is 0.104. The van der Waals surface area contributed by atoms with Crippen molar-refractivity contribution >= 4 is 11.5 Å². The summed E-state index contributed by atoms with van der Waals surface area (Å²) in [4.78, 5) is 6.59. The summed E-state index contributed by atoms with van der Waals surface area (Å²) in [5, 5.41) is 7.69. The van der Waals surface area contributed by atoms with Crippen molar-refractivity contribution in [1.82, 2.24) is 4.98 Å². The van der Waals surface area contributed by atoms with Crippen LogP contribution in [0, 0.1) is 25.2 Å². The van der Waals surface area contributed by atoms with Crippen molar-refractivity contribution in [3.05, 3.63) is 23.0 Å². The number of nitrogens with two attached hydrogens (primary N) is 1. The molecule has 0 saturated heterocycles. The summed E-state index contributed by atoms with van der Waals surface area (Å²) in [6, 6.07) is 2.02. The fourth-order valence-corrected chi connectivity index (χ4v) is 2.23. The third-order valence-electron chi connectivity index (χ3n) is 3.22.